The molecule has 2 nitrogen and oxygen atoms in total. The molecule has 0 saturated heterocycles. The van der Waals surface area contributed by atoms with Gasteiger partial charge in [0.25, 0.3) is 0 Å². The fourth-order valence-electron chi connectivity index (χ4n) is 3.88. The Morgan fingerprint density at radius 1 is 0.719 bits per heavy atom. The van der Waals surface area contributed by atoms with E-state index in [1.54, 1.807) is 25.1 Å². The molecular formula is C30H38O2. The highest BCUT2D eigenvalue weighted by Crippen LogP contribution is 2.28. The molecule has 0 unspecified atom stereocenters. The molecule has 32 heavy (non-hydrogen) atoms. The molecule has 1 aliphatic rings. The smallest absolute Gasteiger partial charge is 0.190 e. The number of rotatable bonds is 11. The highest BCUT2D eigenvalue weighted by atomic mass is 16.1. The van der Waals surface area contributed by atoms with Gasteiger partial charge in [-0.2, -0.15) is 0 Å². The van der Waals surface area contributed by atoms with Crippen molar-refractivity contribution in [3.8, 4) is 0 Å². The van der Waals surface area contributed by atoms with Gasteiger partial charge >= 0.3 is 0 Å². The number of hydrogen-bond acceptors (Lipinski definition) is 2. The number of hydrogen-bond donors (Lipinski definition) is 0. The zero-order valence-corrected chi connectivity index (χ0v) is 20.5. The number of carbonyl (C=O) groups excluding carboxylic acids is 2. The molecule has 0 saturated carbocycles. The van der Waals surface area contributed by atoms with E-state index in [2.05, 4.69) is 52.0 Å². The third-order valence-corrected chi connectivity index (χ3v) is 5.92. The normalized spacial score (nSPS) is 14.9. The van der Waals surface area contributed by atoms with Gasteiger partial charge in [0.05, 0.1) is 0 Å². The van der Waals surface area contributed by atoms with E-state index >= 15 is 0 Å². The number of benzene rings is 1. The van der Waals surface area contributed by atoms with E-state index in [1.807, 2.05) is 12.1 Å². The Bertz CT molecular complexity index is 976. The summed E-state index contributed by atoms with van der Waals surface area (Å²) in [6, 6.07) is 7.11. The fourth-order valence-corrected chi connectivity index (χ4v) is 3.88. The molecular weight excluding hydrogens is 392 g/mol. The van der Waals surface area contributed by atoms with Crippen molar-refractivity contribution in [2.24, 2.45) is 0 Å². The molecule has 0 atom stereocenters. The summed E-state index contributed by atoms with van der Waals surface area (Å²) in [7, 11) is 0. The van der Waals surface area contributed by atoms with Crippen molar-refractivity contribution in [2.75, 3.05) is 0 Å². The van der Waals surface area contributed by atoms with Gasteiger partial charge in [-0.25, -0.2) is 0 Å². The topological polar surface area (TPSA) is 34.1 Å². The fraction of sp³-hybridized carbons (Fsp3) is 0.400. The first-order valence-electron chi connectivity index (χ1n) is 11.8. The molecule has 0 N–H and O–H groups in total. The number of ketones is 2. The molecule has 0 bridgehead atoms. The van der Waals surface area contributed by atoms with E-state index in [4.69, 9.17) is 0 Å². The van der Waals surface area contributed by atoms with Crippen molar-refractivity contribution >= 4 is 11.6 Å². The summed E-state index contributed by atoms with van der Waals surface area (Å²) < 4.78 is 0. The van der Waals surface area contributed by atoms with Crippen LogP contribution in [-0.4, -0.2) is 11.6 Å². The Hall–Kier alpha value is -2.74. The van der Waals surface area contributed by atoms with Crippen LogP contribution in [0.25, 0.3) is 0 Å². The number of Topliss-reactive ketones (excluding diaryl/α,β-unsaturated/α-hetero) is 2. The van der Waals surface area contributed by atoms with Crippen LogP contribution in [0, 0.1) is 0 Å². The van der Waals surface area contributed by atoms with Crippen LogP contribution >= 0.6 is 0 Å². The third kappa shape index (κ3) is 7.75. The summed E-state index contributed by atoms with van der Waals surface area (Å²) >= 11 is 0. The van der Waals surface area contributed by atoms with Gasteiger partial charge < -0.3 is 0 Å². The first-order chi connectivity index (χ1) is 15.3. The highest BCUT2D eigenvalue weighted by molar-refractivity contribution is 6.26. The standard InChI is InChI=1S/C30H38O2/c1-22(2)14-12-16-24(4)18-13-17-23(3)15-8-6-7-9-19-26-25(5)29(31)27-20-10-11-21-28(27)30(26)32/h7,9-11,14-15,18,20-21H,6,8,12-13,16-17,19H2,1-5H3/b9-7+,23-15+,24-18+. The Morgan fingerprint density at radius 3 is 1.91 bits per heavy atom. The van der Waals surface area contributed by atoms with E-state index < -0.39 is 0 Å². The van der Waals surface area contributed by atoms with E-state index in [0.29, 0.717) is 28.7 Å². The largest absolute Gasteiger partial charge is 0.289 e. The first-order valence-corrected chi connectivity index (χ1v) is 11.8. The van der Waals surface area contributed by atoms with Gasteiger partial charge in [0.2, 0.25) is 0 Å². The molecule has 1 aromatic rings. The SMILES string of the molecule is CC(C)=CCC/C(C)=C/CC/C(C)=C/CC/C=C/CC1=C(C)C(=O)c2ccccc2C1=O. The van der Waals surface area contributed by atoms with Crippen LogP contribution < -0.4 is 0 Å². The lowest BCUT2D eigenvalue weighted by molar-refractivity contribution is 0.0973. The first kappa shape index (κ1) is 25.5. The van der Waals surface area contributed by atoms with E-state index in [-0.39, 0.29) is 11.6 Å². The Labute approximate surface area is 194 Å². The minimum Gasteiger partial charge on any atom is -0.289 e. The second-order valence-electron chi connectivity index (χ2n) is 9.02. The molecule has 0 fully saturated rings. The van der Waals surface area contributed by atoms with Gasteiger partial charge in [0.15, 0.2) is 11.6 Å². The lowest BCUT2D eigenvalue weighted by Crippen LogP contribution is -2.20. The summed E-state index contributed by atoms with van der Waals surface area (Å²) in [5.74, 6) is -0.0364. The molecule has 0 aromatic heterocycles. The number of unbranched alkanes of at least 4 members (excludes halogenated alkanes) is 1. The number of allylic oxidation sites excluding steroid dienone is 10. The van der Waals surface area contributed by atoms with Gasteiger partial charge in [0, 0.05) is 22.3 Å². The quantitative estimate of drug-likeness (QED) is 0.260. The summed E-state index contributed by atoms with van der Waals surface area (Å²) in [6.07, 6.45) is 18.1. The van der Waals surface area contributed by atoms with Crippen LogP contribution in [-0.2, 0) is 0 Å². The molecule has 2 heteroatoms. The highest BCUT2D eigenvalue weighted by Gasteiger charge is 2.28. The monoisotopic (exact) mass is 430 g/mol. The van der Waals surface area contributed by atoms with E-state index in [1.165, 1.54) is 16.7 Å². The lowest BCUT2D eigenvalue weighted by Gasteiger charge is -2.17. The van der Waals surface area contributed by atoms with Crippen LogP contribution in [0.4, 0.5) is 0 Å². The molecule has 1 aliphatic carbocycles. The third-order valence-electron chi connectivity index (χ3n) is 5.92. The van der Waals surface area contributed by atoms with Crippen molar-refractivity contribution < 1.29 is 9.59 Å². The van der Waals surface area contributed by atoms with Crippen molar-refractivity contribution in [2.45, 2.75) is 79.6 Å². The molecule has 0 aliphatic heterocycles. The zero-order chi connectivity index (χ0) is 23.5. The van der Waals surface area contributed by atoms with Crippen LogP contribution in [0.5, 0.6) is 0 Å². The molecule has 0 spiro atoms. The average Bonchev–Trinajstić information content (AvgIpc) is 2.76. The lowest BCUT2D eigenvalue weighted by atomic mass is 9.83. The van der Waals surface area contributed by atoms with Crippen molar-refractivity contribution in [1.82, 2.24) is 0 Å². The summed E-state index contributed by atoms with van der Waals surface area (Å²) in [6.45, 7) is 10.5. The van der Waals surface area contributed by atoms with Gasteiger partial charge in [-0.05, 0) is 79.6 Å². The Morgan fingerprint density at radius 2 is 1.28 bits per heavy atom. The van der Waals surface area contributed by atoms with Crippen LogP contribution in [0.15, 0.2) is 82.5 Å². The van der Waals surface area contributed by atoms with Crippen LogP contribution in [0.3, 0.4) is 0 Å². The number of carbonyl (C=O) groups is 2. The predicted molar refractivity (Wildman–Crippen MR) is 136 cm³/mol. The maximum absolute atomic E-state index is 12.8. The van der Waals surface area contributed by atoms with E-state index in [9.17, 15) is 9.59 Å². The minimum absolute atomic E-state index is 0.0118. The second-order valence-corrected chi connectivity index (χ2v) is 9.02. The van der Waals surface area contributed by atoms with Gasteiger partial charge in [-0.3, -0.25) is 9.59 Å². The maximum Gasteiger partial charge on any atom is 0.190 e. The van der Waals surface area contributed by atoms with Crippen molar-refractivity contribution in [1.29, 1.82) is 0 Å². The molecule has 2 rings (SSSR count). The zero-order valence-electron chi connectivity index (χ0n) is 20.5. The maximum atomic E-state index is 12.8. The van der Waals surface area contributed by atoms with Crippen molar-refractivity contribution in [3.63, 3.8) is 0 Å². The van der Waals surface area contributed by atoms with E-state index in [0.717, 1.165) is 38.5 Å². The predicted octanol–water partition coefficient (Wildman–Crippen LogP) is 8.53. The summed E-state index contributed by atoms with van der Waals surface area (Å²) in [5.41, 5.74) is 6.56. The van der Waals surface area contributed by atoms with Gasteiger partial charge in [-0.15, -0.1) is 0 Å². The van der Waals surface area contributed by atoms with Gasteiger partial charge in [-0.1, -0.05) is 71.4 Å². The molecule has 1 aromatic carbocycles. The molecule has 0 radical (unpaired) electrons. The van der Waals surface area contributed by atoms with Gasteiger partial charge in [0.1, 0.15) is 0 Å². The molecule has 170 valence electrons. The summed E-state index contributed by atoms with van der Waals surface area (Å²) in [5, 5.41) is 0. The summed E-state index contributed by atoms with van der Waals surface area (Å²) in [4.78, 5) is 25.3. The average molecular weight is 431 g/mol. The molecule has 0 heterocycles. The Balaban J connectivity index is 1.76. The second kappa shape index (κ2) is 13.0. The van der Waals surface area contributed by atoms with Crippen molar-refractivity contribution in [3.05, 3.63) is 93.6 Å². The minimum atomic E-state index is -0.0246. The van der Waals surface area contributed by atoms with Crippen LogP contribution in [0.2, 0.25) is 0 Å². The molecule has 0 amide bonds. The number of fused-ring (bicyclic) bond motifs is 1. The van der Waals surface area contributed by atoms with Crippen LogP contribution in [0.1, 0.15) is 100 Å². The Kier molecular flexibility index (Phi) is 10.3.